The van der Waals surface area contributed by atoms with Crippen molar-refractivity contribution in [3.8, 4) is 0 Å². The Morgan fingerprint density at radius 2 is 1.71 bits per heavy atom. The number of likely N-dealkylation sites (N-methyl/N-ethyl adjacent to an activating group) is 1. The summed E-state index contributed by atoms with van der Waals surface area (Å²) in [5.74, 6) is -0.803. The number of nitrogens with one attached hydrogen (secondary N) is 1. The molecule has 0 spiro atoms. The van der Waals surface area contributed by atoms with Gasteiger partial charge in [0.05, 0.1) is 6.26 Å². The molecule has 1 N–H and O–H groups in total. The molecule has 1 amide bonds. The number of hydrogen-bond acceptors (Lipinski definition) is 3. The molecule has 2 rings (SSSR count). The third kappa shape index (κ3) is 4.62. The van der Waals surface area contributed by atoms with Gasteiger partial charge in [0.15, 0.2) is 0 Å². The fourth-order valence-electron chi connectivity index (χ4n) is 2.24. The second-order valence-corrected chi connectivity index (χ2v) is 7.48. The van der Waals surface area contributed by atoms with Crippen molar-refractivity contribution in [1.82, 2.24) is 9.62 Å². The lowest BCUT2D eigenvalue weighted by molar-refractivity contribution is -0.124. The van der Waals surface area contributed by atoms with Crippen molar-refractivity contribution in [2.45, 2.75) is 12.6 Å². The Bertz CT molecular complexity index is 792. The van der Waals surface area contributed by atoms with Crippen LogP contribution in [0.2, 0.25) is 0 Å². The molecule has 24 heavy (non-hydrogen) atoms. The highest BCUT2D eigenvalue weighted by Crippen LogP contribution is 2.22. The largest absolute Gasteiger partial charge is 0.350 e. The van der Waals surface area contributed by atoms with Crippen molar-refractivity contribution in [1.29, 1.82) is 0 Å². The maximum atomic E-state index is 12.9. The van der Waals surface area contributed by atoms with Gasteiger partial charge in [-0.15, -0.1) is 0 Å². The molecule has 7 heteroatoms. The molecular formula is C17H19FN2O3S. The third-order valence-electron chi connectivity index (χ3n) is 3.63. The summed E-state index contributed by atoms with van der Waals surface area (Å²) in [6.07, 6.45) is 1.05. The Kier molecular flexibility index (Phi) is 5.69. The van der Waals surface area contributed by atoms with E-state index in [0.717, 1.165) is 16.1 Å². The molecule has 2 aromatic carbocycles. The van der Waals surface area contributed by atoms with E-state index in [1.165, 1.54) is 19.2 Å². The van der Waals surface area contributed by atoms with Gasteiger partial charge in [0.1, 0.15) is 11.9 Å². The molecule has 0 aliphatic carbocycles. The fraction of sp³-hybridized carbons (Fsp3) is 0.235. The second kappa shape index (κ2) is 7.55. The van der Waals surface area contributed by atoms with Crippen LogP contribution in [0, 0.1) is 5.82 Å². The fourth-order valence-corrected chi connectivity index (χ4v) is 2.84. The summed E-state index contributed by atoms with van der Waals surface area (Å²) in [5, 5.41) is 2.70. The lowest BCUT2D eigenvalue weighted by atomic mass is 10.1. The number of carbonyl (C=O) groups is 1. The van der Waals surface area contributed by atoms with Crippen LogP contribution in [0.1, 0.15) is 17.2 Å². The molecule has 0 heterocycles. The van der Waals surface area contributed by atoms with E-state index in [4.69, 9.17) is 0 Å². The smallest absolute Gasteiger partial charge is 0.243 e. The average Bonchev–Trinajstić information content (AvgIpc) is 2.54. The summed E-state index contributed by atoms with van der Waals surface area (Å²) in [6.45, 7) is 0.181. The van der Waals surface area contributed by atoms with Crippen LogP contribution in [0.25, 0.3) is 0 Å². The number of carbonyl (C=O) groups excluding carboxylic acids is 1. The number of nitrogens with zero attached hydrogens (tertiary/aromatic N) is 1. The van der Waals surface area contributed by atoms with Gasteiger partial charge in [-0.1, -0.05) is 42.5 Å². The van der Waals surface area contributed by atoms with E-state index < -0.39 is 22.0 Å². The molecule has 128 valence electrons. The van der Waals surface area contributed by atoms with Crippen molar-refractivity contribution >= 4 is 15.9 Å². The Labute approximate surface area is 141 Å². The zero-order valence-electron chi connectivity index (χ0n) is 13.4. The molecule has 5 nitrogen and oxygen atoms in total. The van der Waals surface area contributed by atoms with E-state index in [9.17, 15) is 17.6 Å². The van der Waals surface area contributed by atoms with E-state index in [2.05, 4.69) is 5.32 Å². The molecule has 0 saturated carbocycles. The lowest BCUT2D eigenvalue weighted by Gasteiger charge is -2.25. The molecule has 0 unspecified atom stereocenters. The minimum Gasteiger partial charge on any atom is -0.350 e. The summed E-state index contributed by atoms with van der Waals surface area (Å²) >= 11 is 0. The molecule has 2 aromatic rings. The molecule has 0 radical (unpaired) electrons. The van der Waals surface area contributed by atoms with Gasteiger partial charge in [-0.2, -0.15) is 4.31 Å². The maximum absolute atomic E-state index is 12.9. The van der Waals surface area contributed by atoms with E-state index in [1.807, 2.05) is 0 Å². The number of halogens is 1. The summed E-state index contributed by atoms with van der Waals surface area (Å²) in [6, 6.07) is 13.4. The van der Waals surface area contributed by atoms with Crippen LogP contribution in [0.4, 0.5) is 4.39 Å². The molecule has 0 aliphatic heterocycles. The highest BCUT2D eigenvalue weighted by molar-refractivity contribution is 7.88. The van der Waals surface area contributed by atoms with Crippen LogP contribution in [0.15, 0.2) is 54.6 Å². The third-order valence-corrected chi connectivity index (χ3v) is 4.89. The SMILES string of the molecule is CN([C@H](C(=O)NCc1ccc(F)cc1)c1ccccc1)S(C)(=O)=O. The number of benzene rings is 2. The molecule has 0 aliphatic rings. The Morgan fingerprint density at radius 1 is 1.12 bits per heavy atom. The van der Waals surface area contributed by atoms with Crippen LogP contribution in [-0.2, 0) is 21.4 Å². The zero-order chi connectivity index (χ0) is 17.7. The summed E-state index contributed by atoms with van der Waals surface area (Å²) in [7, 11) is -2.20. The molecule has 0 bridgehead atoms. The van der Waals surface area contributed by atoms with Crippen molar-refractivity contribution in [2.24, 2.45) is 0 Å². The summed E-state index contributed by atoms with van der Waals surface area (Å²) in [5.41, 5.74) is 1.29. The predicted octanol–water partition coefficient (Wildman–Crippen LogP) is 2.07. The Balaban J connectivity index is 2.20. The normalized spacial score (nSPS) is 12.8. The minimum atomic E-state index is -3.56. The van der Waals surface area contributed by atoms with Crippen molar-refractivity contribution in [3.05, 3.63) is 71.5 Å². The van der Waals surface area contributed by atoms with Crippen LogP contribution in [-0.4, -0.2) is 31.9 Å². The first-order valence-electron chi connectivity index (χ1n) is 7.29. The van der Waals surface area contributed by atoms with Gasteiger partial charge in [0.25, 0.3) is 0 Å². The highest BCUT2D eigenvalue weighted by atomic mass is 32.2. The van der Waals surface area contributed by atoms with Gasteiger partial charge in [0.2, 0.25) is 15.9 Å². The number of amides is 1. The van der Waals surface area contributed by atoms with Gasteiger partial charge in [-0.05, 0) is 23.3 Å². The van der Waals surface area contributed by atoms with E-state index >= 15 is 0 Å². The number of sulfonamides is 1. The quantitative estimate of drug-likeness (QED) is 0.867. The molecule has 1 atom stereocenters. The summed E-state index contributed by atoms with van der Waals surface area (Å²) < 4.78 is 37.7. The van der Waals surface area contributed by atoms with E-state index in [1.54, 1.807) is 42.5 Å². The Morgan fingerprint density at radius 3 is 2.25 bits per heavy atom. The van der Waals surface area contributed by atoms with Crippen LogP contribution >= 0.6 is 0 Å². The highest BCUT2D eigenvalue weighted by Gasteiger charge is 2.30. The number of rotatable bonds is 6. The first-order valence-corrected chi connectivity index (χ1v) is 9.14. The first-order chi connectivity index (χ1) is 11.3. The predicted molar refractivity (Wildman–Crippen MR) is 90.0 cm³/mol. The molecule has 0 fully saturated rings. The Hall–Kier alpha value is -2.25. The van der Waals surface area contributed by atoms with E-state index in [0.29, 0.717) is 5.56 Å². The molecular weight excluding hydrogens is 331 g/mol. The lowest BCUT2D eigenvalue weighted by Crippen LogP contribution is -2.41. The van der Waals surface area contributed by atoms with Gasteiger partial charge in [-0.3, -0.25) is 4.79 Å². The number of hydrogen-bond donors (Lipinski definition) is 1. The van der Waals surface area contributed by atoms with Gasteiger partial charge < -0.3 is 5.32 Å². The second-order valence-electron chi connectivity index (χ2n) is 5.44. The zero-order valence-corrected chi connectivity index (χ0v) is 14.3. The van der Waals surface area contributed by atoms with Gasteiger partial charge >= 0.3 is 0 Å². The van der Waals surface area contributed by atoms with Crippen molar-refractivity contribution < 1.29 is 17.6 Å². The van der Waals surface area contributed by atoms with Crippen LogP contribution in [0.5, 0.6) is 0 Å². The van der Waals surface area contributed by atoms with Crippen molar-refractivity contribution in [3.63, 3.8) is 0 Å². The maximum Gasteiger partial charge on any atom is 0.243 e. The molecule has 0 saturated heterocycles. The van der Waals surface area contributed by atoms with Gasteiger partial charge in [0, 0.05) is 13.6 Å². The standard InChI is InChI=1S/C17H19FN2O3S/c1-20(24(2,22)23)16(14-6-4-3-5-7-14)17(21)19-12-13-8-10-15(18)11-9-13/h3-11,16H,12H2,1-2H3,(H,19,21)/t16-/m0/s1. The first kappa shape index (κ1) is 18.1. The van der Waals surface area contributed by atoms with Crippen molar-refractivity contribution in [2.75, 3.05) is 13.3 Å². The monoisotopic (exact) mass is 350 g/mol. The topological polar surface area (TPSA) is 66.5 Å². The van der Waals surface area contributed by atoms with Crippen LogP contribution < -0.4 is 5.32 Å². The average molecular weight is 350 g/mol. The van der Waals surface area contributed by atoms with Gasteiger partial charge in [-0.25, -0.2) is 12.8 Å². The summed E-state index contributed by atoms with van der Waals surface area (Å²) in [4.78, 5) is 12.6. The van der Waals surface area contributed by atoms with Crippen LogP contribution in [0.3, 0.4) is 0 Å². The minimum absolute atomic E-state index is 0.181. The molecule has 0 aromatic heterocycles. The van der Waals surface area contributed by atoms with E-state index in [-0.39, 0.29) is 12.4 Å².